The molecule has 0 bridgehead atoms. The standard InChI is InChI=1S/C45H28N6O/c1-3-37(44-38(4-1)39-5-2-24-48-45(39)52-44)29-6-14-34(15-7-29)51(35-16-8-30(9-17-35)40-20-12-32-22-25-46-27-42(32)49-40)36-18-10-31(11-19-36)41-21-13-33-23-26-47-28-43(33)50-41/h1-28H. The van der Waals surface area contributed by atoms with E-state index in [1.165, 1.54) is 0 Å². The van der Waals surface area contributed by atoms with E-state index in [0.29, 0.717) is 5.71 Å². The summed E-state index contributed by atoms with van der Waals surface area (Å²) in [6, 6.07) is 48.2. The Kier molecular flexibility index (Phi) is 6.99. The lowest BCUT2D eigenvalue weighted by molar-refractivity contribution is 0.655. The maximum absolute atomic E-state index is 6.26. The topological polar surface area (TPSA) is 80.8 Å². The summed E-state index contributed by atoms with van der Waals surface area (Å²) in [4.78, 5) is 25.0. The number of hydrogen-bond donors (Lipinski definition) is 0. The van der Waals surface area contributed by atoms with Gasteiger partial charge in [-0.3, -0.25) is 9.97 Å². The number of hydrogen-bond acceptors (Lipinski definition) is 7. The minimum absolute atomic E-state index is 0.644. The molecule has 7 heteroatoms. The maximum atomic E-state index is 6.26. The number of benzene rings is 4. The highest BCUT2D eigenvalue weighted by molar-refractivity contribution is 6.08. The van der Waals surface area contributed by atoms with Crippen LogP contribution in [0.3, 0.4) is 0 Å². The predicted molar refractivity (Wildman–Crippen MR) is 209 cm³/mol. The second kappa shape index (κ2) is 12.3. The first-order valence-electron chi connectivity index (χ1n) is 17.0. The number of aromatic nitrogens is 5. The van der Waals surface area contributed by atoms with E-state index in [0.717, 1.165) is 88.9 Å². The van der Waals surface area contributed by atoms with Crippen molar-refractivity contribution < 1.29 is 4.42 Å². The fraction of sp³-hybridized carbons (Fsp3) is 0. The van der Waals surface area contributed by atoms with Crippen molar-refractivity contribution in [2.75, 3.05) is 4.90 Å². The fourth-order valence-electron chi connectivity index (χ4n) is 6.92. The number of rotatable bonds is 6. The van der Waals surface area contributed by atoms with E-state index < -0.39 is 0 Å². The highest BCUT2D eigenvalue weighted by Gasteiger charge is 2.16. The van der Waals surface area contributed by atoms with E-state index in [4.69, 9.17) is 14.4 Å². The van der Waals surface area contributed by atoms with E-state index in [2.05, 4.69) is 141 Å². The Morgan fingerprint density at radius 3 is 1.56 bits per heavy atom. The lowest BCUT2D eigenvalue weighted by Crippen LogP contribution is -2.09. The van der Waals surface area contributed by atoms with Gasteiger partial charge in [-0.15, -0.1) is 0 Å². The average Bonchev–Trinajstić information content (AvgIpc) is 3.61. The molecule has 0 fully saturated rings. The van der Waals surface area contributed by atoms with Crippen LogP contribution < -0.4 is 4.90 Å². The number of nitrogens with zero attached hydrogens (tertiary/aromatic N) is 6. The largest absolute Gasteiger partial charge is 0.437 e. The van der Waals surface area contributed by atoms with Crippen molar-refractivity contribution in [3.05, 3.63) is 171 Å². The Morgan fingerprint density at radius 1 is 0.442 bits per heavy atom. The molecule has 10 aromatic rings. The molecular weight excluding hydrogens is 641 g/mol. The molecule has 0 saturated heterocycles. The number of anilines is 3. The van der Waals surface area contributed by atoms with Gasteiger partial charge in [-0.1, -0.05) is 66.7 Å². The molecule has 0 amide bonds. The van der Waals surface area contributed by atoms with Gasteiger partial charge in [0.15, 0.2) is 0 Å². The van der Waals surface area contributed by atoms with Crippen molar-refractivity contribution in [3.63, 3.8) is 0 Å². The summed E-state index contributed by atoms with van der Waals surface area (Å²) in [7, 11) is 0. The van der Waals surface area contributed by atoms with Crippen LogP contribution in [0.4, 0.5) is 17.1 Å². The molecule has 0 saturated carbocycles. The second-order valence-electron chi connectivity index (χ2n) is 12.6. The van der Waals surface area contributed by atoms with Crippen LogP contribution in [0.25, 0.3) is 77.5 Å². The van der Waals surface area contributed by atoms with Gasteiger partial charge in [-0.2, -0.15) is 0 Å². The molecule has 0 spiro atoms. The minimum Gasteiger partial charge on any atom is -0.437 e. The van der Waals surface area contributed by atoms with Crippen LogP contribution in [-0.2, 0) is 0 Å². The van der Waals surface area contributed by atoms with Crippen molar-refractivity contribution in [3.8, 4) is 33.6 Å². The SMILES string of the molecule is c1cnc2oc3c(-c4ccc(N(c5ccc(-c6ccc7ccncc7n6)cc5)c5ccc(-c6ccc7ccncc7n6)cc5)cc4)cccc3c2c1. The van der Waals surface area contributed by atoms with Crippen molar-refractivity contribution in [2.24, 2.45) is 0 Å². The number of fused-ring (bicyclic) bond motifs is 5. The third-order valence-corrected chi connectivity index (χ3v) is 9.54. The van der Waals surface area contributed by atoms with Crippen LogP contribution in [-0.4, -0.2) is 24.9 Å². The Balaban J connectivity index is 1.04. The lowest BCUT2D eigenvalue weighted by atomic mass is 10.0. The zero-order valence-corrected chi connectivity index (χ0v) is 27.8. The van der Waals surface area contributed by atoms with Crippen molar-refractivity contribution in [1.82, 2.24) is 24.9 Å². The highest BCUT2D eigenvalue weighted by Crippen LogP contribution is 2.39. The van der Waals surface area contributed by atoms with Crippen molar-refractivity contribution in [1.29, 1.82) is 0 Å². The van der Waals surface area contributed by atoms with Gasteiger partial charge in [0.05, 0.1) is 34.8 Å². The zero-order chi connectivity index (χ0) is 34.4. The van der Waals surface area contributed by atoms with Gasteiger partial charge >= 0.3 is 0 Å². The summed E-state index contributed by atoms with van der Waals surface area (Å²) in [5, 5.41) is 4.20. The van der Waals surface area contributed by atoms with Crippen LogP contribution in [0.1, 0.15) is 0 Å². The summed E-state index contributed by atoms with van der Waals surface area (Å²) in [5.41, 5.74) is 12.2. The van der Waals surface area contributed by atoms with Crippen LogP contribution in [0, 0.1) is 0 Å². The van der Waals surface area contributed by atoms with E-state index in [1.807, 2.05) is 18.2 Å². The van der Waals surface area contributed by atoms with E-state index >= 15 is 0 Å². The van der Waals surface area contributed by atoms with Crippen molar-refractivity contribution >= 4 is 60.9 Å². The Labute approximate surface area is 298 Å². The molecule has 6 heterocycles. The molecule has 0 aliphatic heterocycles. The zero-order valence-electron chi connectivity index (χ0n) is 27.8. The first kappa shape index (κ1) is 29.6. The van der Waals surface area contributed by atoms with Crippen LogP contribution >= 0.6 is 0 Å². The van der Waals surface area contributed by atoms with Gasteiger partial charge in [0.1, 0.15) is 5.58 Å². The molecule has 0 aliphatic carbocycles. The Bertz CT molecular complexity index is 2780. The van der Waals surface area contributed by atoms with Crippen molar-refractivity contribution in [2.45, 2.75) is 0 Å². The fourth-order valence-corrected chi connectivity index (χ4v) is 6.92. The molecule has 0 atom stereocenters. The van der Waals surface area contributed by atoms with Crippen LogP contribution in [0.15, 0.2) is 175 Å². The quantitative estimate of drug-likeness (QED) is 0.174. The molecule has 52 heavy (non-hydrogen) atoms. The molecule has 244 valence electrons. The van der Waals surface area contributed by atoms with Gasteiger partial charge < -0.3 is 9.32 Å². The van der Waals surface area contributed by atoms with E-state index in [1.54, 1.807) is 31.0 Å². The first-order chi connectivity index (χ1) is 25.7. The Morgan fingerprint density at radius 2 is 0.981 bits per heavy atom. The number of furan rings is 1. The number of para-hydroxylation sites is 1. The molecule has 7 nitrogen and oxygen atoms in total. The molecule has 0 unspecified atom stereocenters. The van der Waals surface area contributed by atoms with Gasteiger partial charge in [0, 0.05) is 73.9 Å². The van der Waals surface area contributed by atoms with Crippen LogP contribution in [0.5, 0.6) is 0 Å². The third-order valence-electron chi connectivity index (χ3n) is 9.54. The summed E-state index contributed by atoms with van der Waals surface area (Å²) >= 11 is 0. The predicted octanol–water partition coefficient (Wildman–Crippen LogP) is 11.3. The monoisotopic (exact) mass is 668 g/mol. The molecule has 0 radical (unpaired) electrons. The second-order valence-corrected chi connectivity index (χ2v) is 12.6. The molecule has 4 aromatic carbocycles. The summed E-state index contributed by atoms with van der Waals surface area (Å²) in [6.07, 6.45) is 8.95. The molecule has 10 rings (SSSR count). The molecule has 0 N–H and O–H groups in total. The third kappa shape index (κ3) is 5.20. The highest BCUT2D eigenvalue weighted by atomic mass is 16.3. The van der Waals surface area contributed by atoms with Gasteiger partial charge in [-0.25, -0.2) is 15.0 Å². The summed E-state index contributed by atoms with van der Waals surface area (Å²) in [5.74, 6) is 0. The number of pyridine rings is 5. The van der Waals surface area contributed by atoms with Gasteiger partial charge in [0.25, 0.3) is 0 Å². The lowest BCUT2D eigenvalue weighted by Gasteiger charge is -2.26. The van der Waals surface area contributed by atoms with E-state index in [9.17, 15) is 0 Å². The normalized spacial score (nSPS) is 11.5. The molecular formula is C45H28N6O. The van der Waals surface area contributed by atoms with E-state index in [-0.39, 0.29) is 0 Å². The molecule has 6 aromatic heterocycles. The van der Waals surface area contributed by atoms with Crippen LogP contribution in [0.2, 0.25) is 0 Å². The first-order valence-corrected chi connectivity index (χ1v) is 17.0. The van der Waals surface area contributed by atoms with Gasteiger partial charge in [0.2, 0.25) is 5.71 Å². The molecule has 0 aliphatic rings. The average molecular weight is 669 g/mol. The maximum Gasteiger partial charge on any atom is 0.227 e. The summed E-state index contributed by atoms with van der Waals surface area (Å²) in [6.45, 7) is 0. The Hall–Kier alpha value is -7.25. The minimum atomic E-state index is 0.644. The smallest absolute Gasteiger partial charge is 0.227 e. The summed E-state index contributed by atoms with van der Waals surface area (Å²) < 4.78 is 6.26. The van der Waals surface area contributed by atoms with Gasteiger partial charge in [-0.05, 0) is 78.4 Å².